The third-order valence-corrected chi connectivity index (χ3v) is 9.56. The number of likely N-dealkylation sites (N-methyl/N-ethyl adjacent to an activating group) is 2. The molecule has 0 aliphatic heterocycles. The highest BCUT2D eigenvalue weighted by Crippen LogP contribution is 2.42. The highest BCUT2D eigenvalue weighted by atomic mass is 19.1. The highest BCUT2D eigenvalue weighted by Gasteiger charge is 2.47. The van der Waals surface area contributed by atoms with Crippen LogP contribution in [0.2, 0.25) is 0 Å². The second-order valence-electron chi connectivity index (χ2n) is 15.2. The first-order valence-electron chi connectivity index (χ1n) is 20.5. The number of methoxy groups -OCH3 is 1. The van der Waals surface area contributed by atoms with E-state index in [9.17, 15) is 28.4 Å². The van der Waals surface area contributed by atoms with Crippen molar-refractivity contribution >= 4 is 30.1 Å². The van der Waals surface area contributed by atoms with Gasteiger partial charge in [0.15, 0.2) is 0 Å². The summed E-state index contributed by atoms with van der Waals surface area (Å²) in [5, 5.41) is 27.9. The number of nitrogens with zero attached hydrogens (tertiary/aromatic N) is 1. The Morgan fingerprint density at radius 2 is 1.60 bits per heavy atom. The molecule has 0 spiro atoms. The van der Waals surface area contributed by atoms with E-state index in [2.05, 4.69) is 69.4 Å². The Hall–Kier alpha value is -3.62. The number of hydrogen-bond donors (Lipinski definition) is 6. The first-order valence-corrected chi connectivity index (χ1v) is 20.5. The summed E-state index contributed by atoms with van der Waals surface area (Å²) in [6, 6.07) is -1.53. The smallest absolute Gasteiger partial charge is 0.326 e. The Morgan fingerprint density at radius 3 is 1.98 bits per heavy atom. The summed E-state index contributed by atoms with van der Waals surface area (Å²) in [6.07, 6.45) is 8.20. The van der Waals surface area contributed by atoms with E-state index in [0.717, 1.165) is 19.3 Å². The molecule has 1 fully saturated rings. The molecule has 8 atom stereocenters. The second-order valence-corrected chi connectivity index (χ2v) is 15.2. The van der Waals surface area contributed by atoms with Gasteiger partial charge in [-0.1, -0.05) is 113 Å². The molecule has 6 N–H and O–H groups in total. The summed E-state index contributed by atoms with van der Waals surface area (Å²) in [5.41, 5.74) is 0.180. The zero-order valence-electron chi connectivity index (χ0n) is 37.6. The Labute approximate surface area is 344 Å². The number of carbonyl (C=O) groups excluding carboxylic acids is 4. The monoisotopic (exact) mass is 814 g/mol. The maximum absolute atomic E-state index is 13.3. The van der Waals surface area contributed by atoms with Gasteiger partial charge >= 0.3 is 5.97 Å². The summed E-state index contributed by atoms with van der Waals surface area (Å²) >= 11 is 0. The van der Waals surface area contributed by atoms with Crippen LogP contribution in [0.15, 0.2) is 36.2 Å². The van der Waals surface area contributed by atoms with E-state index in [1.54, 1.807) is 26.1 Å². The van der Waals surface area contributed by atoms with E-state index in [4.69, 9.17) is 14.9 Å². The SMILES string of the molecule is C=C/C=C(CC(NC=O)C(=O)O)\C(F)=C/C.CC(C)CO.CCC.CCCC1C(C)C1NC(=O)CC(OC)C(C(C)CC)N(C)C(=O)CNC(=O)C(NC)C(C)C. The maximum atomic E-state index is 13.3. The number of carboxylic acids is 1. The zero-order chi connectivity index (χ0) is 44.8. The van der Waals surface area contributed by atoms with E-state index in [1.165, 1.54) is 31.6 Å². The molecule has 4 amide bonds. The molecule has 0 aromatic carbocycles. The lowest BCUT2D eigenvalue weighted by atomic mass is 9.91. The molecule has 0 bridgehead atoms. The number of carboxylic acid groups (broad SMARTS) is 1. The Kier molecular flexibility index (Phi) is 33.8. The third-order valence-electron chi connectivity index (χ3n) is 9.56. The van der Waals surface area contributed by atoms with Gasteiger partial charge in [-0.3, -0.25) is 19.2 Å². The number of rotatable bonds is 23. The number of aliphatic hydroxyl groups excluding tert-OH is 1. The lowest BCUT2D eigenvalue weighted by molar-refractivity contribution is -0.140. The minimum absolute atomic E-state index is 0.0337. The van der Waals surface area contributed by atoms with Crippen LogP contribution in [0.1, 0.15) is 115 Å². The number of halogens is 1. The number of carbonyl (C=O) groups is 5. The summed E-state index contributed by atoms with van der Waals surface area (Å²) in [6.45, 7) is 25.7. The molecular formula is C43H80FN5O8. The molecule has 1 aliphatic carbocycles. The van der Waals surface area contributed by atoms with Crippen LogP contribution in [0.3, 0.4) is 0 Å². The van der Waals surface area contributed by atoms with Crippen LogP contribution in [-0.2, 0) is 28.7 Å². The first kappa shape index (κ1) is 57.7. The van der Waals surface area contributed by atoms with Crippen LogP contribution < -0.4 is 21.3 Å². The Morgan fingerprint density at radius 1 is 1.04 bits per heavy atom. The number of nitrogens with one attached hydrogen (secondary N) is 4. The quantitative estimate of drug-likeness (QED) is 0.0549. The molecule has 0 heterocycles. The Balaban J connectivity index is -0.00000100. The van der Waals surface area contributed by atoms with Crippen molar-refractivity contribution in [3.05, 3.63) is 36.2 Å². The van der Waals surface area contributed by atoms with Gasteiger partial charge in [0.1, 0.15) is 11.9 Å². The molecule has 14 heteroatoms. The van der Waals surface area contributed by atoms with Crippen LogP contribution in [0.4, 0.5) is 4.39 Å². The Bertz CT molecular complexity index is 1230. The van der Waals surface area contributed by atoms with Gasteiger partial charge in [0.05, 0.1) is 31.2 Å². The number of hydrogen-bond acceptors (Lipinski definition) is 8. The van der Waals surface area contributed by atoms with Crippen molar-refractivity contribution in [1.82, 2.24) is 26.2 Å². The van der Waals surface area contributed by atoms with Crippen LogP contribution in [0.25, 0.3) is 0 Å². The highest BCUT2D eigenvalue weighted by molar-refractivity contribution is 5.87. The molecule has 13 nitrogen and oxygen atoms in total. The third kappa shape index (κ3) is 24.0. The van der Waals surface area contributed by atoms with Gasteiger partial charge in [0.25, 0.3) is 0 Å². The largest absolute Gasteiger partial charge is 0.480 e. The number of aliphatic hydroxyl groups is 1. The minimum Gasteiger partial charge on any atom is -0.480 e. The molecule has 8 unspecified atom stereocenters. The number of amides is 4. The molecular weight excluding hydrogens is 733 g/mol. The van der Waals surface area contributed by atoms with E-state index >= 15 is 0 Å². The van der Waals surface area contributed by atoms with E-state index in [1.807, 2.05) is 27.7 Å². The predicted octanol–water partition coefficient (Wildman–Crippen LogP) is 5.79. The zero-order valence-corrected chi connectivity index (χ0v) is 37.6. The molecule has 57 heavy (non-hydrogen) atoms. The number of allylic oxidation sites excluding steroid dienone is 4. The van der Waals surface area contributed by atoms with Crippen molar-refractivity contribution in [2.75, 3.05) is 34.4 Å². The summed E-state index contributed by atoms with van der Waals surface area (Å²) in [4.78, 5) is 60.7. The standard InChI is InChI=1S/C25H48N4O4.C11H14FNO3.C4H10O.C3H8/c1-10-12-18-17(6)23(18)28-20(30)13-19(33-9)24(16(5)11-2)29(8)21(31)14-27-25(32)22(26-7)15(3)4;1-3-5-8(9(12)4-2)6-10(11(15)16)13-7-14;1-4(2)3-5;1-3-2/h15-19,22-24,26H,10-14H2,1-9H3,(H,27,32)(H,28,30);3-5,7,10H,1,6H2,2H3,(H,13,14)(H,15,16);4-5H,3H2,1-2H3;3H2,1-2H3/b;8-5-,9-4+;;. The van der Waals surface area contributed by atoms with Crippen LogP contribution in [0, 0.1) is 29.6 Å². The van der Waals surface area contributed by atoms with Gasteiger partial charge in [-0.05, 0) is 55.6 Å². The van der Waals surface area contributed by atoms with Crippen LogP contribution >= 0.6 is 0 Å². The first-order chi connectivity index (χ1) is 26.8. The van der Waals surface area contributed by atoms with Crippen LogP contribution in [-0.4, -0.2) is 110 Å². The number of ether oxygens (including phenoxy) is 1. The van der Waals surface area contributed by atoms with Crippen molar-refractivity contribution in [2.24, 2.45) is 29.6 Å². The van der Waals surface area contributed by atoms with Crippen molar-refractivity contribution in [3.8, 4) is 0 Å². The average molecular weight is 814 g/mol. The number of aliphatic carboxylic acids is 1. The maximum Gasteiger partial charge on any atom is 0.326 e. The summed E-state index contributed by atoms with van der Waals surface area (Å²) in [5.74, 6) is -0.427. The molecule has 332 valence electrons. The van der Waals surface area contributed by atoms with Crippen LogP contribution in [0.5, 0.6) is 0 Å². The average Bonchev–Trinajstić information content (AvgIpc) is 3.77. The van der Waals surface area contributed by atoms with Gasteiger partial charge in [-0.25, -0.2) is 9.18 Å². The van der Waals surface area contributed by atoms with Gasteiger partial charge in [0.2, 0.25) is 24.1 Å². The van der Waals surface area contributed by atoms with Crippen molar-refractivity contribution in [3.63, 3.8) is 0 Å². The van der Waals surface area contributed by atoms with Crippen molar-refractivity contribution in [1.29, 1.82) is 0 Å². The predicted molar refractivity (Wildman–Crippen MR) is 228 cm³/mol. The summed E-state index contributed by atoms with van der Waals surface area (Å²) < 4.78 is 19.0. The fraction of sp³-hybridized carbons (Fsp3) is 0.744. The van der Waals surface area contributed by atoms with Gasteiger partial charge in [-0.15, -0.1) is 0 Å². The van der Waals surface area contributed by atoms with Gasteiger partial charge in [-0.2, -0.15) is 0 Å². The minimum atomic E-state index is -1.22. The van der Waals surface area contributed by atoms with Crippen molar-refractivity contribution < 1.29 is 43.3 Å². The molecule has 1 aliphatic rings. The fourth-order valence-electron chi connectivity index (χ4n) is 5.99. The molecule has 0 radical (unpaired) electrons. The molecule has 0 saturated heterocycles. The van der Waals surface area contributed by atoms with E-state index in [-0.39, 0.29) is 79.1 Å². The van der Waals surface area contributed by atoms with Gasteiger partial charge in [0, 0.05) is 33.2 Å². The summed E-state index contributed by atoms with van der Waals surface area (Å²) in [7, 11) is 5.05. The van der Waals surface area contributed by atoms with E-state index < -0.39 is 23.9 Å². The lowest BCUT2D eigenvalue weighted by Crippen LogP contribution is -2.54. The molecule has 1 saturated carbocycles. The van der Waals surface area contributed by atoms with Crippen molar-refractivity contribution in [2.45, 2.75) is 145 Å². The molecule has 0 aromatic heterocycles. The topological polar surface area (TPSA) is 186 Å². The fourth-order valence-corrected chi connectivity index (χ4v) is 5.99. The van der Waals surface area contributed by atoms with Gasteiger partial charge < -0.3 is 41.1 Å². The lowest BCUT2D eigenvalue weighted by Gasteiger charge is -2.37. The molecule has 1 rings (SSSR count). The van der Waals surface area contributed by atoms with E-state index in [0.29, 0.717) is 24.4 Å². The second kappa shape index (κ2) is 33.4. The normalized spacial score (nSPS) is 18.7. The molecule has 0 aromatic rings.